The Morgan fingerprint density at radius 3 is 2.75 bits per heavy atom. The number of amides is 2. The summed E-state index contributed by atoms with van der Waals surface area (Å²) in [6, 6.07) is 5.42. The van der Waals surface area contributed by atoms with Gasteiger partial charge in [0.05, 0.1) is 0 Å². The molecule has 0 saturated heterocycles. The number of aromatic nitrogens is 2. The number of nitrogens with one attached hydrogen (secondary N) is 1. The lowest BCUT2D eigenvalue weighted by atomic mass is 10.2. The zero-order valence-electron chi connectivity index (χ0n) is 11.7. The largest absolute Gasteiger partial charge is 0.360 e. The summed E-state index contributed by atoms with van der Waals surface area (Å²) in [7, 11) is 0. The van der Waals surface area contributed by atoms with Gasteiger partial charge in [0.1, 0.15) is 5.76 Å². The average Bonchev–Trinajstić information content (AvgIpc) is 2.86. The number of anilines is 1. The number of hydrogen-bond acceptors (Lipinski definition) is 4. The molecule has 6 nitrogen and oxygen atoms in total. The Bertz CT molecular complexity index is 553. The lowest BCUT2D eigenvalue weighted by molar-refractivity contribution is 0.215. The van der Waals surface area contributed by atoms with Crippen LogP contribution in [0, 0.1) is 6.92 Å². The van der Waals surface area contributed by atoms with Gasteiger partial charge in [-0.25, -0.2) is 4.79 Å². The maximum Gasteiger partial charge on any atom is 0.323 e. The van der Waals surface area contributed by atoms with E-state index in [4.69, 9.17) is 4.52 Å². The van der Waals surface area contributed by atoms with Crippen LogP contribution in [-0.2, 0) is 6.42 Å². The lowest BCUT2D eigenvalue weighted by Gasteiger charge is -2.20. The predicted molar refractivity (Wildman–Crippen MR) is 75.4 cm³/mol. The van der Waals surface area contributed by atoms with Crippen molar-refractivity contribution >= 4 is 11.8 Å². The van der Waals surface area contributed by atoms with E-state index in [0.717, 1.165) is 12.0 Å². The third kappa shape index (κ3) is 3.81. The van der Waals surface area contributed by atoms with Gasteiger partial charge in [-0.2, -0.15) is 0 Å². The minimum atomic E-state index is -0.171. The highest BCUT2D eigenvalue weighted by Crippen LogP contribution is 2.08. The topological polar surface area (TPSA) is 71.3 Å². The molecule has 0 bridgehead atoms. The van der Waals surface area contributed by atoms with Gasteiger partial charge in [0.2, 0.25) is 0 Å². The molecule has 0 atom stereocenters. The summed E-state index contributed by atoms with van der Waals surface area (Å²) in [6.45, 7) is 5.00. The molecule has 2 amide bonds. The molecule has 0 radical (unpaired) electrons. The zero-order chi connectivity index (χ0) is 14.4. The molecule has 0 aliphatic heterocycles. The Balaban J connectivity index is 1.89. The van der Waals surface area contributed by atoms with Gasteiger partial charge in [0.15, 0.2) is 5.82 Å². The summed E-state index contributed by atoms with van der Waals surface area (Å²) in [5, 5.41) is 6.47. The first-order chi connectivity index (χ1) is 9.69. The number of carbonyl (C=O) groups is 1. The summed E-state index contributed by atoms with van der Waals surface area (Å²) in [5.41, 5.74) is 1.16. The lowest BCUT2D eigenvalue weighted by Crippen LogP contribution is -2.36. The fraction of sp³-hybridized carbons (Fsp3) is 0.357. The van der Waals surface area contributed by atoms with E-state index < -0.39 is 0 Å². The second kappa shape index (κ2) is 6.70. The molecule has 2 aromatic heterocycles. The van der Waals surface area contributed by atoms with Crippen LogP contribution in [0.5, 0.6) is 0 Å². The third-order valence-corrected chi connectivity index (χ3v) is 2.95. The van der Waals surface area contributed by atoms with E-state index in [9.17, 15) is 4.79 Å². The van der Waals surface area contributed by atoms with Gasteiger partial charge >= 0.3 is 6.03 Å². The Morgan fingerprint density at radius 2 is 2.15 bits per heavy atom. The molecule has 6 heteroatoms. The Morgan fingerprint density at radius 1 is 1.40 bits per heavy atom. The number of likely N-dealkylation sites (N-methyl/N-ethyl adjacent to an activating group) is 1. The molecule has 0 spiro atoms. The first kappa shape index (κ1) is 14.0. The Hall–Kier alpha value is -2.37. The van der Waals surface area contributed by atoms with Crippen molar-refractivity contribution in [2.45, 2.75) is 20.3 Å². The summed E-state index contributed by atoms with van der Waals surface area (Å²) < 4.78 is 4.92. The second-order valence-corrected chi connectivity index (χ2v) is 4.44. The minimum Gasteiger partial charge on any atom is -0.360 e. The van der Waals surface area contributed by atoms with Crippen LogP contribution in [0.3, 0.4) is 0 Å². The van der Waals surface area contributed by atoms with Gasteiger partial charge in [-0.15, -0.1) is 0 Å². The summed E-state index contributed by atoms with van der Waals surface area (Å²) in [5.74, 6) is 1.11. The molecule has 0 aliphatic carbocycles. The number of rotatable bonds is 5. The minimum absolute atomic E-state index is 0.171. The van der Waals surface area contributed by atoms with Crippen LogP contribution in [0.4, 0.5) is 10.6 Å². The summed E-state index contributed by atoms with van der Waals surface area (Å²) >= 11 is 0. The standard InChI is InChI=1S/C14H18N4O2/c1-3-18(9-6-12-4-7-15-8-5-12)14(19)16-13-10-11(2)20-17-13/h4-5,7-8,10H,3,6,9H2,1-2H3,(H,16,17,19). The van der Waals surface area contributed by atoms with Crippen LogP contribution >= 0.6 is 0 Å². The fourth-order valence-corrected chi connectivity index (χ4v) is 1.83. The van der Waals surface area contributed by atoms with Gasteiger partial charge in [0, 0.05) is 31.5 Å². The zero-order valence-corrected chi connectivity index (χ0v) is 11.7. The van der Waals surface area contributed by atoms with Crippen molar-refractivity contribution in [3.05, 3.63) is 41.9 Å². The quantitative estimate of drug-likeness (QED) is 0.909. The molecule has 2 aromatic rings. The average molecular weight is 274 g/mol. The van der Waals surface area contributed by atoms with Gasteiger partial charge in [-0.3, -0.25) is 10.3 Å². The van der Waals surface area contributed by atoms with Crippen molar-refractivity contribution in [3.63, 3.8) is 0 Å². The van der Waals surface area contributed by atoms with Crippen LogP contribution < -0.4 is 5.32 Å². The molecule has 106 valence electrons. The van der Waals surface area contributed by atoms with Crippen molar-refractivity contribution in [2.75, 3.05) is 18.4 Å². The maximum absolute atomic E-state index is 12.1. The molecule has 0 saturated carbocycles. The Labute approximate surface area is 117 Å². The second-order valence-electron chi connectivity index (χ2n) is 4.44. The van der Waals surface area contributed by atoms with Crippen molar-refractivity contribution in [3.8, 4) is 0 Å². The highest BCUT2D eigenvalue weighted by molar-refractivity contribution is 5.88. The SMILES string of the molecule is CCN(CCc1ccncc1)C(=O)Nc1cc(C)on1. The molecular weight excluding hydrogens is 256 g/mol. The fourth-order valence-electron chi connectivity index (χ4n) is 1.83. The van der Waals surface area contributed by atoms with Crippen molar-refractivity contribution < 1.29 is 9.32 Å². The number of carbonyl (C=O) groups excluding carboxylic acids is 1. The number of aryl methyl sites for hydroxylation is 1. The molecule has 20 heavy (non-hydrogen) atoms. The summed E-state index contributed by atoms with van der Waals surface area (Å²) in [6.07, 6.45) is 4.30. The van der Waals surface area contributed by atoms with Gasteiger partial charge in [0.25, 0.3) is 0 Å². The third-order valence-electron chi connectivity index (χ3n) is 2.95. The first-order valence-corrected chi connectivity index (χ1v) is 6.57. The van der Waals surface area contributed by atoms with Crippen LogP contribution in [0.2, 0.25) is 0 Å². The van der Waals surface area contributed by atoms with Crippen LogP contribution in [0.25, 0.3) is 0 Å². The number of urea groups is 1. The monoisotopic (exact) mass is 274 g/mol. The van der Waals surface area contributed by atoms with Gasteiger partial charge in [-0.1, -0.05) is 5.16 Å². The van der Waals surface area contributed by atoms with E-state index in [1.165, 1.54) is 0 Å². The molecule has 1 N–H and O–H groups in total. The maximum atomic E-state index is 12.1. The van der Waals surface area contributed by atoms with E-state index >= 15 is 0 Å². The van der Waals surface area contributed by atoms with E-state index in [2.05, 4.69) is 15.5 Å². The Kier molecular flexibility index (Phi) is 4.70. The molecular formula is C14H18N4O2. The van der Waals surface area contributed by atoms with Crippen LogP contribution in [0.1, 0.15) is 18.2 Å². The van der Waals surface area contributed by atoms with Crippen LogP contribution in [0.15, 0.2) is 35.1 Å². The predicted octanol–water partition coefficient (Wildman–Crippen LogP) is 2.47. The van der Waals surface area contributed by atoms with E-state index in [-0.39, 0.29) is 6.03 Å². The highest BCUT2D eigenvalue weighted by atomic mass is 16.5. The van der Waals surface area contributed by atoms with Gasteiger partial charge in [-0.05, 0) is 38.0 Å². The van der Waals surface area contributed by atoms with Gasteiger partial charge < -0.3 is 9.42 Å². The van der Waals surface area contributed by atoms with Crippen molar-refractivity contribution in [1.29, 1.82) is 0 Å². The number of hydrogen-bond donors (Lipinski definition) is 1. The molecule has 2 rings (SSSR count). The molecule has 0 aromatic carbocycles. The van der Waals surface area contributed by atoms with Crippen molar-refractivity contribution in [2.24, 2.45) is 0 Å². The number of nitrogens with zero attached hydrogens (tertiary/aromatic N) is 3. The smallest absolute Gasteiger partial charge is 0.323 e. The molecule has 2 heterocycles. The molecule has 0 fully saturated rings. The van der Waals surface area contributed by atoms with Crippen LogP contribution in [-0.4, -0.2) is 34.2 Å². The number of pyridine rings is 1. The summed E-state index contributed by atoms with van der Waals surface area (Å²) in [4.78, 5) is 17.8. The van der Waals surface area contributed by atoms with E-state index in [1.807, 2.05) is 19.1 Å². The van der Waals surface area contributed by atoms with E-state index in [1.54, 1.807) is 30.3 Å². The molecule has 0 aliphatic rings. The molecule has 0 unspecified atom stereocenters. The van der Waals surface area contributed by atoms with E-state index in [0.29, 0.717) is 24.7 Å². The van der Waals surface area contributed by atoms with Crippen molar-refractivity contribution in [1.82, 2.24) is 15.0 Å². The highest BCUT2D eigenvalue weighted by Gasteiger charge is 2.13. The normalized spacial score (nSPS) is 10.3. The first-order valence-electron chi connectivity index (χ1n) is 6.57.